The van der Waals surface area contributed by atoms with E-state index in [4.69, 9.17) is 16.3 Å². The van der Waals surface area contributed by atoms with Crippen LogP contribution >= 0.6 is 11.6 Å². The molecule has 0 saturated heterocycles. The zero-order valence-corrected chi connectivity index (χ0v) is 9.18. The van der Waals surface area contributed by atoms with Crippen LogP contribution in [0.5, 0.6) is 0 Å². The van der Waals surface area contributed by atoms with Gasteiger partial charge in [0.25, 0.3) is 0 Å². The van der Waals surface area contributed by atoms with Gasteiger partial charge in [0.05, 0.1) is 12.7 Å². The number of alkyl halides is 1. The summed E-state index contributed by atoms with van der Waals surface area (Å²) in [6.07, 6.45) is 6.64. The lowest BCUT2D eigenvalue weighted by Crippen LogP contribution is -2.30. The summed E-state index contributed by atoms with van der Waals surface area (Å²) in [5, 5.41) is 2.68. The third-order valence-corrected chi connectivity index (χ3v) is 2.69. The van der Waals surface area contributed by atoms with E-state index in [1.165, 1.54) is 32.1 Å². The van der Waals surface area contributed by atoms with Crippen molar-refractivity contribution in [3.63, 3.8) is 0 Å². The zero-order chi connectivity index (χ0) is 10.2. The fourth-order valence-electron chi connectivity index (χ4n) is 1.70. The molecule has 1 N–H and O–H groups in total. The van der Waals surface area contributed by atoms with E-state index in [0.29, 0.717) is 19.3 Å². The highest BCUT2D eigenvalue weighted by Crippen LogP contribution is 2.19. The molecule has 14 heavy (non-hydrogen) atoms. The van der Waals surface area contributed by atoms with Gasteiger partial charge in [-0.25, -0.2) is 0 Å². The number of hydrogen-bond acceptors (Lipinski definition) is 2. The van der Waals surface area contributed by atoms with E-state index in [2.05, 4.69) is 5.32 Å². The van der Waals surface area contributed by atoms with E-state index >= 15 is 0 Å². The number of hydrogen-bond donors (Lipinski definition) is 1. The molecule has 4 heteroatoms. The van der Waals surface area contributed by atoms with Crippen LogP contribution in [0.1, 0.15) is 32.1 Å². The van der Waals surface area contributed by atoms with Gasteiger partial charge in [-0.3, -0.25) is 4.79 Å². The first-order chi connectivity index (χ1) is 6.83. The summed E-state index contributed by atoms with van der Waals surface area (Å²) < 4.78 is 5.62. The van der Waals surface area contributed by atoms with Crippen molar-refractivity contribution in [2.45, 2.75) is 38.2 Å². The predicted octanol–water partition coefficient (Wildman–Crippen LogP) is 1.69. The molecule has 0 unspecified atom stereocenters. The Morgan fingerprint density at radius 3 is 2.71 bits per heavy atom. The van der Waals surface area contributed by atoms with Crippen LogP contribution < -0.4 is 5.32 Å². The molecule has 1 amide bonds. The van der Waals surface area contributed by atoms with Crippen LogP contribution in [0.25, 0.3) is 0 Å². The maximum absolute atomic E-state index is 10.8. The van der Waals surface area contributed by atoms with E-state index < -0.39 is 0 Å². The average molecular weight is 220 g/mol. The Morgan fingerprint density at radius 2 is 2.07 bits per heavy atom. The number of halogens is 1. The topological polar surface area (TPSA) is 38.3 Å². The highest BCUT2D eigenvalue weighted by atomic mass is 35.5. The largest absolute Gasteiger partial charge is 0.376 e. The van der Waals surface area contributed by atoms with E-state index in [0.717, 1.165) is 0 Å². The van der Waals surface area contributed by atoms with Crippen molar-refractivity contribution in [3.05, 3.63) is 0 Å². The molecule has 1 rings (SSSR count). The monoisotopic (exact) mass is 219 g/mol. The Bertz CT molecular complexity index is 170. The summed E-state index contributed by atoms with van der Waals surface area (Å²) in [7, 11) is 0. The lowest BCUT2D eigenvalue weighted by molar-refractivity contribution is -0.119. The highest BCUT2D eigenvalue weighted by Gasteiger charge is 2.12. The van der Waals surface area contributed by atoms with E-state index in [-0.39, 0.29) is 11.8 Å². The molecule has 1 aliphatic carbocycles. The molecule has 0 heterocycles. The Kier molecular flexibility index (Phi) is 5.96. The standard InChI is InChI=1S/C10H18ClNO2/c11-8-10(13)12-6-7-14-9-4-2-1-3-5-9/h9H,1-8H2,(H,12,13). The summed E-state index contributed by atoms with van der Waals surface area (Å²) in [4.78, 5) is 10.8. The molecular formula is C10H18ClNO2. The second-order valence-electron chi connectivity index (χ2n) is 3.61. The minimum atomic E-state index is -0.126. The molecule has 0 spiro atoms. The Hall–Kier alpha value is -0.280. The van der Waals surface area contributed by atoms with Crippen LogP contribution in [0.2, 0.25) is 0 Å². The van der Waals surface area contributed by atoms with Crippen molar-refractivity contribution in [3.8, 4) is 0 Å². The van der Waals surface area contributed by atoms with Crippen LogP contribution in [-0.4, -0.2) is 31.0 Å². The molecule has 0 aromatic heterocycles. The first-order valence-electron chi connectivity index (χ1n) is 5.27. The van der Waals surface area contributed by atoms with Crippen molar-refractivity contribution in [2.24, 2.45) is 0 Å². The molecule has 0 aromatic carbocycles. The number of amides is 1. The molecule has 1 aliphatic rings. The minimum Gasteiger partial charge on any atom is -0.376 e. The van der Waals surface area contributed by atoms with Crippen molar-refractivity contribution < 1.29 is 9.53 Å². The Labute approximate surface area is 90.1 Å². The number of ether oxygens (including phenoxy) is 1. The molecule has 82 valence electrons. The Morgan fingerprint density at radius 1 is 1.36 bits per heavy atom. The number of carbonyl (C=O) groups is 1. The molecule has 3 nitrogen and oxygen atoms in total. The van der Waals surface area contributed by atoms with Gasteiger partial charge in [-0.2, -0.15) is 0 Å². The van der Waals surface area contributed by atoms with Gasteiger partial charge < -0.3 is 10.1 Å². The van der Waals surface area contributed by atoms with Crippen molar-refractivity contribution >= 4 is 17.5 Å². The second-order valence-corrected chi connectivity index (χ2v) is 3.88. The fourth-order valence-corrected chi connectivity index (χ4v) is 1.79. The van der Waals surface area contributed by atoms with Gasteiger partial charge in [0.2, 0.25) is 5.91 Å². The Balaban J connectivity index is 1.94. The van der Waals surface area contributed by atoms with Gasteiger partial charge in [0.15, 0.2) is 0 Å². The molecule has 0 atom stereocenters. The van der Waals surface area contributed by atoms with E-state index in [1.807, 2.05) is 0 Å². The molecule has 0 radical (unpaired) electrons. The molecule has 0 aliphatic heterocycles. The molecule has 1 saturated carbocycles. The zero-order valence-electron chi connectivity index (χ0n) is 8.43. The summed E-state index contributed by atoms with van der Waals surface area (Å²) in [5.74, 6) is -0.0948. The number of rotatable bonds is 5. The van der Waals surface area contributed by atoms with Crippen molar-refractivity contribution in [1.29, 1.82) is 0 Å². The van der Waals surface area contributed by atoms with Gasteiger partial charge in [-0.15, -0.1) is 11.6 Å². The normalized spacial score (nSPS) is 18.1. The third-order valence-electron chi connectivity index (χ3n) is 2.45. The molecule has 0 aromatic rings. The number of nitrogens with one attached hydrogen (secondary N) is 1. The van der Waals surface area contributed by atoms with Crippen LogP contribution in [0.3, 0.4) is 0 Å². The van der Waals surface area contributed by atoms with Crippen LogP contribution in [0.4, 0.5) is 0 Å². The first-order valence-corrected chi connectivity index (χ1v) is 5.80. The van der Waals surface area contributed by atoms with Crippen molar-refractivity contribution in [1.82, 2.24) is 5.32 Å². The van der Waals surface area contributed by atoms with Crippen LogP contribution in [0.15, 0.2) is 0 Å². The lowest BCUT2D eigenvalue weighted by atomic mass is 9.98. The summed E-state index contributed by atoms with van der Waals surface area (Å²) >= 11 is 5.33. The van der Waals surface area contributed by atoms with Gasteiger partial charge in [0, 0.05) is 6.54 Å². The second kappa shape index (κ2) is 7.07. The van der Waals surface area contributed by atoms with Crippen molar-refractivity contribution in [2.75, 3.05) is 19.0 Å². The number of carbonyl (C=O) groups excluding carboxylic acids is 1. The van der Waals surface area contributed by atoms with E-state index in [1.54, 1.807) is 0 Å². The van der Waals surface area contributed by atoms with Crippen LogP contribution in [-0.2, 0) is 9.53 Å². The SMILES string of the molecule is O=C(CCl)NCCOC1CCCCC1. The lowest BCUT2D eigenvalue weighted by Gasteiger charge is -2.21. The minimum absolute atomic E-state index is 0.0312. The van der Waals surface area contributed by atoms with Gasteiger partial charge in [0.1, 0.15) is 5.88 Å². The fraction of sp³-hybridized carbons (Fsp3) is 0.900. The van der Waals surface area contributed by atoms with Gasteiger partial charge in [-0.1, -0.05) is 19.3 Å². The maximum Gasteiger partial charge on any atom is 0.235 e. The maximum atomic E-state index is 10.8. The van der Waals surface area contributed by atoms with Gasteiger partial charge >= 0.3 is 0 Å². The summed E-state index contributed by atoms with van der Waals surface area (Å²) in [6, 6.07) is 0. The summed E-state index contributed by atoms with van der Waals surface area (Å²) in [5.41, 5.74) is 0. The quantitative estimate of drug-likeness (QED) is 0.565. The first kappa shape index (κ1) is 11.8. The third kappa shape index (κ3) is 4.82. The molecular weight excluding hydrogens is 202 g/mol. The highest BCUT2D eigenvalue weighted by molar-refractivity contribution is 6.27. The molecule has 1 fully saturated rings. The smallest absolute Gasteiger partial charge is 0.235 e. The summed E-state index contributed by atoms with van der Waals surface area (Å²) in [6.45, 7) is 1.18. The van der Waals surface area contributed by atoms with Crippen LogP contribution in [0, 0.1) is 0 Å². The van der Waals surface area contributed by atoms with E-state index in [9.17, 15) is 4.79 Å². The average Bonchev–Trinajstić information content (AvgIpc) is 2.25. The predicted molar refractivity (Wildman–Crippen MR) is 56.6 cm³/mol. The van der Waals surface area contributed by atoms with Gasteiger partial charge in [-0.05, 0) is 12.8 Å². The molecule has 0 bridgehead atoms.